The maximum atomic E-state index is 12.8. The first-order chi connectivity index (χ1) is 31.8. The molecule has 7 unspecified atom stereocenters. The minimum absolute atomic E-state index is 0.139. The van der Waals surface area contributed by atoms with Crippen LogP contribution in [0.5, 0.6) is 0 Å². The van der Waals surface area contributed by atoms with E-state index in [2.05, 4.69) is 43.5 Å². The number of aliphatic hydroxyl groups excluding tert-OH is 5. The van der Waals surface area contributed by atoms with Crippen LogP contribution in [0.1, 0.15) is 271 Å². The first kappa shape index (κ1) is 61.7. The summed E-state index contributed by atoms with van der Waals surface area (Å²) in [6.07, 6.45) is 52.1. The standard InChI is InChI=1S/C56H107NO8/c1-3-5-7-8-9-10-11-12-13-14-15-16-17-18-19-20-21-22-23-24-25-26-27-28-29-30-31-32-33-34-35-36-37-38-39-40-41-42-44-46-52(60)57-49(50(59)45-43-6-4-2)48-64-56-55(63)54(62)53(61)51(47-58)65-56/h11-12,14-15,49-51,53-56,58-59,61-63H,3-10,13,16-48H2,1-2H3,(H,57,60)/b12-11-,15-14-. The van der Waals surface area contributed by atoms with E-state index in [-0.39, 0.29) is 12.5 Å². The summed E-state index contributed by atoms with van der Waals surface area (Å²) < 4.78 is 11.1. The number of carbonyl (C=O) groups excluding carboxylic acids is 1. The number of unbranched alkanes of at least 4 members (excludes halogenated alkanes) is 34. The Kier molecular flexibility index (Phi) is 44.0. The van der Waals surface area contributed by atoms with Crippen LogP contribution >= 0.6 is 0 Å². The molecule has 1 fully saturated rings. The second-order valence-corrected chi connectivity index (χ2v) is 19.7. The zero-order valence-corrected chi connectivity index (χ0v) is 42.5. The molecular formula is C56H107NO8. The Morgan fingerprint density at radius 2 is 0.908 bits per heavy atom. The van der Waals surface area contributed by atoms with Gasteiger partial charge in [0, 0.05) is 6.42 Å². The molecule has 7 atom stereocenters. The van der Waals surface area contributed by atoms with Gasteiger partial charge in [-0.05, 0) is 44.9 Å². The minimum atomic E-state index is -1.55. The van der Waals surface area contributed by atoms with Crippen LogP contribution in [-0.4, -0.2) is 87.5 Å². The van der Waals surface area contributed by atoms with Crippen molar-refractivity contribution in [3.05, 3.63) is 24.3 Å². The number of rotatable bonds is 48. The van der Waals surface area contributed by atoms with Crippen molar-refractivity contribution >= 4 is 5.91 Å². The molecular weight excluding hydrogens is 815 g/mol. The van der Waals surface area contributed by atoms with Crippen molar-refractivity contribution in [3.63, 3.8) is 0 Å². The van der Waals surface area contributed by atoms with Gasteiger partial charge in [-0.15, -0.1) is 0 Å². The van der Waals surface area contributed by atoms with Crippen molar-refractivity contribution in [2.45, 2.75) is 314 Å². The Bertz CT molecular complexity index is 1070. The lowest BCUT2D eigenvalue weighted by Gasteiger charge is -2.40. The second kappa shape index (κ2) is 46.4. The van der Waals surface area contributed by atoms with Crippen LogP contribution in [0.15, 0.2) is 24.3 Å². The molecule has 0 aromatic carbocycles. The van der Waals surface area contributed by atoms with Crippen molar-refractivity contribution < 1.29 is 39.8 Å². The number of aliphatic hydroxyl groups is 5. The molecule has 1 saturated heterocycles. The van der Waals surface area contributed by atoms with E-state index in [1.807, 2.05) is 0 Å². The third-order valence-electron chi connectivity index (χ3n) is 13.6. The fourth-order valence-corrected chi connectivity index (χ4v) is 9.08. The van der Waals surface area contributed by atoms with Crippen LogP contribution in [0.3, 0.4) is 0 Å². The van der Waals surface area contributed by atoms with Crippen LogP contribution < -0.4 is 5.32 Å². The molecule has 0 bridgehead atoms. The highest BCUT2D eigenvalue weighted by atomic mass is 16.7. The molecule has 384 valence electrons. The van der Waals surface area contributed by atoms with E-state index in [0.29, 0.717) is 12.8 Å². The lowest BCUT2D eigenvalue weighted by Crippen LogP contribution is -2.60. The smallest absolute Gasteiger partial charge is 0.220 e. The van der Waals surface area contributed by atoms with E-state index in [9.17, 15) is 30.3 Å². The van der Waals surface area contributed by atoms with Gasteiger partial charge in [0.05, 0.1) is 25.4 Å². The molecule has 1 heterocycles. The summed E-state index contributed by atoms with van der Waals surface area (Å²) in [7, 11) is 0. The number of amides is 1. The van der Waals surface area contributed by atoms with E-state index in [4.69, 9.17) is 9.47 Å². The summed E-state index contributed by atoms with van der Waals surface area (Å²) in [6, 6.07) is -0.711. The molecule has 9 nitrogen and oxygen atoms in total. The molecule has 0 aliphatic carbocycles. The third kappa shape index (κ3) is 36.3. The number of hydrogen-bond donors (Lipinski definition) is 6. The normalized spacial score (nSPS) is 20.0. The Morgan fingerprint density at radius 1 is 0.523 bits per heavy atom. The molecule has 1 aliphatic rings. The van der Waals surface area contributed by atoms with E-state index in [1.165, 1.54) is 199 Å². The maximum Gasteiger partial charge on any atom is 0.220 e. The van der Waals surface area contributed by atoms with Crippen molar-refractivity contribution in [2.75, 3.05) is 13.2 Å². The van der Waals surface area contributed by atoms with Gasteiger partial charge in [0.2, 0.25) is 5.91 Å². The fraction of sp³-hybridized carbons (Fsp3) is 0.911. The predicted octanol–water partition coefficient (Wildman–Crippen LogP) is 13.4. The summed E-state index contributed by atoms with van der Waals surface area (Å²) >= 11 is 0. The predicted molar refractivity (Wildman–Crippen MR) is 272 cm³/mol. The van der Waals surface area contributed by atoms with Gasteiger partial charge in [0.15, 0.2) is 6.29 Å². The molecule has 6 N–H and O–H groups in total. The van der Waals surface area contributed by atoms with E-state index in [1.54, 1.807) is 0 Å². The molecule has 0 aromatic rings. The first-order valence-corrected chi connectivity index (χ1v) is 28.0. The summed E-state index contributed by atoms with van der Waals surface area (Å²) in [4.78, 5) is 12.8. The highest BCUT2D eigenvalue weighted by Gasteiger charge is 2.44. The molecule has 0 radical (unpaired) electrons. The van der Waals surface area contributed by atoms with Crippen LogP contribution in [0, 0.1) is 0 Å². The van der Waals surface area contributed by atoms with Gasteiger partial charge in [-0.3, -0.25) is 4.79 Å². The summed E-state index contributed by atoms with van der Waals surface area (Å²) in [5.41, 5.74) is 0. The van der Waals surface area contributed by atoms with E-state index >= 15 is 0 Å². The van der Waals surface area contributed by atoms with Crippen LogP contribution in [0.4, 0.5) is 0 Å². The molecule has 1 rings (SSSR count). The van der Waals surface area contributed by atoms with Gasteiger partial charge < -0.3 is 40.3 Å². The number of nitrogens with one attached hydrogen (secondary N) is 1. The zero-order chi connectivity index (χ0) is 47.3. The average molecular weight is 922 g/mol. The van der Waals surface area contributed by atoms with Crippen LogP contribution in [-0.2, 0) is 14.3 Å². The van der Waals surface area contributed by atoms with E-state index < -0.39 is 49.5 Å². The minimum Gasteiger partial charge on any atom is -0.394 e. The number of allylic oxidation sites excluding steroid dienone is 4. The molecule has 9 heteroatoms. The third-order valence-corrected chi connectivity index (χ3v) is 13.6. The van der Waals surface area contributed by atoms with Gasteiger partial charge in [-0.1, -0.05) is 244 Å². The fourth-order valence-electron chi connectivity index (χ4n) is 9.08. The topological polar surface area (TPSA) is 149 Å². The first-order valence-electron chi connectivity index (χ1n) is 28.0. The number of carbonyl (C=O) groups is 1. The SMILES string of the molecule is CCCCCCC/C=C\C/C=C\CCCCCCCCCCCCCCCCCCCCCCCCCCCCCC(=O)NC(COC1OC(CO)C(O)C(O)C1O)C(O)CCCCC. The number of ether oxygens (including phenoxy) is 2. The van der Waals surface area contributed by atoms with E-state index in [0.717, 1.165) is 44.9 Å². The Labute approximate surface area is 400 Å². The van der Waals surface area contributed by atoms with Gasteiger partial charge >= 0.3 is 0 Å². The molecule has 0 aromatic heterocycles. The quantitative estimate of drug-likeness (QED) is 0.0261. The molecule has 65 heavy (non-hydrogen) atoms. The average Bonchev–Trinajstić information content (AvgIpc) is 3.30. The summed E-state index contributed by atoms with van der Waals surface area (Å²) in [5.74, 6) is -0.151. The Hall–Kier alpha value is -1.33. The van der Waals surface area contributed by atoms with Crippen molar-refractivity contribution in [1.29, 1.82) is 0 Å². The van der Waals surface area contributed by atoms with Crippen LogP contribution in [0.25, 0.3) is 0 Å². The monoisotopic (exact) mass is 922 g/mol. The summed E-state index contributed by atoms with van der Waals surface area (Å²) in [5, 5.41) is 53.7. The highest BCUT2D eigenvalue weighted by Crippen LogP contribution is 2.23. The van der Waals surface area contributed by atoms with Crippen LogP contribution in [0.2, 0.25) is 0 Å². The highest BCUT2D eigenvalue weighted by molar-refractivity contribution is 5.76. The maximum absolute atomic E-state index is 12.8. The lowest BCUT2D eigenvalue weighted by atomic mass is 9.99. The van der Waals surface area contributed by atoms with Gasteiger partial charge in [-0.2, -0.15) is 0 Å². The molecule has 0 spiro atoms. The molecule has 1 aliphatic heterocycles. The zero-order valence-electron chi connectivity index (χ0n) is 42.5. The Morgan fingerprint density at radius 3 is 1.32 bits per heavy atom. The Balaban J connectivity index is 1.88. The van der Waals surface area contributed by atoms with Gasteiger partial charge in [0.1, 0.15) is 24.4 Å². The molecule has 1 amide bonds. The largest absolute Gasteiger partial charge is 0.394 e. The molecule has 0 saturated carbocycles. The lowest BCUT2D eigenvalue weighted by molar-refractivity contribution is -0.302. The van der Waals surface area contributed by atoms with Gasteiger partial charge in [0.25, 0.3) is 0 Å². The second-order valence-electron chi connectivity index (χ2n) is 19.7. The number of hydrogen-bond acceptors (Lipinski definition) is 8. The van der Waals surface area contributed by atoms with Gasteiger partial charge in [-0.25, -0.2) is 0 Å². The van der Waals surface area contributed by atoms with Crippen molar-refractivity contribution in [3.8, 4) is 0 Å². The van der Waals surface area contributed by atoms with Crippen molar-refractivity contribution in [2.24, 2.45) is 0 Å². The van der Waals surface area contributed by atoms with Crippen molar-refractivity contribution in [1.82, 2.24) is 5.32 Å². The summed E-state index contributed by atoms with van der Waals surface area (Å²) in [6.45, 7) is 3.67.